The minimum absolute atomic E-state index is 0.00338. The highest BCUT2D eigenvalue weighted by Crippen LogP contribution is 2.05. The van der Waals surface area contributed by atoms with Crippen molar-refractivity contribution in [1.82, 2.24) is 0 Å². The molecule has 4 nitrogen and oxygen atoms in total. The number of hydrogen-bond donors (Lipinski definition) is 1. The molecule has 1 unspecified atom stereocenters. The second-order valence-corrected chi connectivity index (χ2v) is 5.76. The second-order valence-electron chi connectivity index (χ2n) is 2.86. The fraction of sp³-hybridized carbons (Fsp3) is 0.667. The molecule has 1 atom stereocenters. The van der Waals surface area contributed by atoms with Gasteiger partial charge in [0, 0.05) is 20.8 Å². The van der Waals surface area contributed by atoms with Crippen LogP contribution < -0.4 is 0 Å². The van der Waals surface area contributed by atoms with Gasteiger partial charge in [0.2, 0.25) is 0 Å². The zero-order chi connectivity index (χ0) is 11.0. The molecule has 0 aromatic rings. The van der Waals surface area contributed by atoms with Gasteiger partial charge in [-0.2, -0.15) is 0 Å². The Hall–Kier alpha value is -0.493. The Morgan fingerprint density at radius 1 is 1.50 bits per heavy atom. The van der Waals surface area contributed by atoms with Crippen molar-refractivity contribution in [2.75, 3.05) is 20.8 Å². The van der Waals surface area contributed by atoms with Crippen molar-refractivity contribution >= 4 is 14.2 Å². The van der Waals surface area contributed by atoms with Crippen molar-refractivity contribution in [3.63, 3.8) is 0 Å². The number of allylic oxidation sites excluding steroid dienone is 2. The van der Waals surface area contributed by atoms with E-state index in [2.05, 4.69) is 0 Å². The maximum atomic E-state index is 11.6. The molecule has 0 spiro atoms. The predicted molar refractivity (Wildman–Crippen MR) is 56.7 cm³/mol. The van der Waals surface area contributed by atoms with Gasteiger partial charge in [-0.05, 0) is 19.0 Å². The van der Waals surface area contributed by atoms with Gasteiger partial charge in [0.25, 0.3) is 0 Å². The van der Waals surface area contributed by atoms with Crippen LogP contribution in [0.15, 0.2) is 12.2 Å². The van der Waals surface area contributed by atoms with Crippen LogP contribution in [0.1, 0.15) is 6.92 Å². The van der Waals surface area contributed by atoms with Crippen molar-refractivity contribution in [2.45, 2.75) is 18.9 Å². The lowest BCUT2D eigenvalue weighted by Crippen LogP contribution is -2.41. The Bertz CT molecular complexity index is 189. The van der Waals surface area contributed by atoms with E-state index in [1.165, 1.54) is 20.3 Å². The fourth-order valence-corrected chi connectivity index (χ4v) is 3.46. The Morgan fingerprint density at radius 3 is 2.43 bits per heavy atom. The van der Waals surface area contributed by atoms with Crippen molar-refractivity contribution < 1.29 is 19.4 Å². The summed E-state index contributed by atoms with van der Waals surface area (Å²) in [4.78, 5) is 11.6. The molecule has 0 radical (unpaired) electrons. The highest BCUT2D eigenvalue weighted by Gasteiger charge is 2.28. The molecule has 0 bridgehead atoms. The van der Waals surface area contributed by atoms with Crippen molar-refractivity contribution in [3.05, 3.63) is 12.2 Å². The number of rotatable bonds is 7. The van der Waals surface area contributed by atoms with Crippen molar-refractivity contribution in [2.24, 2.45) is 0 Å². The molecule has 0 saturated carbocycles. The van der Waals surface area contributed by atoms with Gasteiger partial charge in [0.1, 0.15) is 11.3 Å². The Kier molecular flexibility index (Phi) is 7.59. The van der Waals surface area contributed by atoms with Crippen molar-refractivity contribution in [3.8, 4) is 0 Å². The fourth-order valence-electron chi connectivity index (χ4n) is 1.26. The molecule has 0 aliphatic carbocycles. The van der Waals surface area contributed by atoms with Crippen LogP contribution in [0.3, 0.4) is 0 Å². The third-order valence-corrected chi connectivity index (χ3v) is 4.93. The average molecular weight is 218 g/mol. The first-order valence-corrected chi connectivity index (χ1v) is 6.60. The minimum Gasteiger partial charge on any atom is -0.397 e. The molecule has 0 rings (SSSR count). The van der Waals surface area contributed by atoms with Gasteiger partial charge in [-0.15, -0.1) is 0 Å². The Labute approximate surface area is 86.1 Å². The molecule has 82 valence electrons. The first kappa shape index (κ1) is 13.5. The molecule has 0 aromatic heterocycles. The van der Waals surface area contributed by atoms with Crippen LogP contribution in [-0.4, -0.2) is 46.0 Å². The van der Waals surface area contributed by atoms with Crippen LogP contribution in [0.2, 0.25) is 6.04 Å². The maximum Gasteiger partial charge on any atom is 0.190 e. The summed E-state index contributed by atoms with van der Waals surface area (Å²) in [5, 5.41) is 8.89. The lowest BCUT2D eigenvalue weighted by molar-refractivity contribution is -0.110. The van der Waals surface area contributed by atoms with Crippen molar-refractivity contribution in [1.29, 1.82) is 0 Å². The number of ether oxygens (including phenoxy) is 2. The molecule has 5 heteroatoms. The molecule has 14 heavy (non-hydrogen) atoms. The van der Waals surface area contributed by atoms with Gasteiger partial charge >= 0.3 is 0 Å². The van der Waals surface area contributed by atoms with Gasteiger partial charge in [-0.3, -0.25) is 0 Å². The van der Waals surface area contributed by atoms with Crippen LogP contribution >= 0.6 is 0 Å². The second kappa shape index (κ2) is 7.87. The maximum absolute atomic E-state index is 11.6. The number of aliphatic hydroxyl groups is 1. The lowest BCUT2D eigenvalue weighted by Gasteiger charge is -2.20. The van der Waals surface area contributed by atoms with Gasteiger partial charge < -0.3 is 19.4 Å². The van der Waals surface area contributed by atoms with Gasteiger partial charge in [0.15, 0.2) is 8.80 Å². The van der Waals surface area contributed by atoms with Gasteiger partial charge in [-0.25, -0.2) is 0 Å². The average Bonchev–Trinajstić information content (AvgIpc) is 2.18. The highest BCUT2D eigenvalue weighted by atomic mass is 28.3. The summed E-state index contributed by atoms with van der Waals surface area (Å²) in [5.74, 6) is -0.453. The number of aliphatic hydroxyl groups excluding tert-OH is 1. The van der Waals surface area contributed by atoms with Crippen LogP contribution in [-0.2, 0) is 14.3 Å². The van der Waals surface area contributed by atoms with E-state index in [0.29, 0.717) is 6.04 Å². The van der Waals surface area contributed by atoms with Gasteiger partial charge in [0.05, 0.1) is 0 Å². The van der Waals surface area contributed by atoms with Crippen LogP contribution in [0.25, 0.3) is 0 Å². The standard InChI is InChI=1S/C9H18O4Si/c1-4-5-8(11)14(7-6-10)9(12-2)13-3/h4-5,9-10,14H,6-7H2,1-3H3. The van der Waals surface area contributed by atoms with Crippen LogP contribution in [0.5, 0.6) is 0 Å². The normalized spacial score (nSPS) is 13.8. The molecule has 0 aliphatic rings. The summed E-state index contributed by atoms with van der Waals surface area (Å²) in [6.07, 6.45) is 3.22. The summed E-state index contributed by atoms with van der Waals surface area (Å²) in [6.45, 7) is 1.79. The molecule has 0 heterocycles. The third kappa shape index (κ3) is 4.14. The van der Waals surface area contributed by atoms with E-state index >= 15 is 0 Å². The van der Waals surface area contributed by atoms with E-state index < -0.39 is 14.7 Å². The first-order chi connectivity index (χ1) is 6.71. The molecule has 0 fully saturated rings. The number of carbonyl (C=O) groups is 1. The molecule has 1 N–H and O–H groups in total. The van der Waals surface area contributed by atoms with Crippen LogP contribution in [0, 0.1) is 0 Å². The Morgan fingerprint density at radius 2 is 2.07 bits per heavy atom. The number of methoxy groups -OCH3 is 2. The molecular formula is C9H18O4Si. The number of carbonyl (C=O) groups excluding carboxylic acids is 1. The summed E-state index contributed by atoms with van der Waals surface area (Å²) < 4.78 is 10.1. The Balaban J connectivity index is 4.46. The summed E-state index contributed by atoms with van der Waals surface area (Å²) in [6, 6.07) is 0.482. The number of hydrogen-bond acceptors (Lipinski definition) is 4. The van der Waals surface area contributed by atoms with E-state index in [4.69, 9.17) is 14.6 Å². The molecule has 0 amide bonds. The molecule has 0 saturated heterocycles. The topological polar surface area (TPSA) is 55.8 Å². The first-order valence-electron chi connectivity index (χ1n) is 4.54. The molecule has 0 aromatic carbocycles. The quantitative estimate of drug-likeness (QED) is 0.373. The lowest BCUT2D eigenvalue weighted by atomic mass is 10.6. The predicted octanol–water partition coefficient (Wildman–Crippen LogP) is 0.0483. The summed E-state index contributed by atoms with van der Waals surface area (Å²) in [7, 11) is 1.14. The summed E-state index contributed by atoms with van der Waals surface area (Å²) >= 11 is 0. The zero-order valence-electron chi connectivity index (χ0n) is 8.90. The largest absolute Gasteiger partial charge is 0.397 e. The molecular weight excluding hydrogens is 200 g/mol. The third-order valence-electron chi connectivity index (χ3n) is 1.93. The van der Waals surface area contributed by atoms with E-state index in [-0.39, 0.29) is 12.0 Å². The molecule has 0 aliphatic heterocycles. The minimum atomic E-state index is -1.88. The van der Waals surface area contributed by atoms with E-state index in [1.807, 2.05) is 0 Å². The SMILES string of the molecule is CC=CC(=O)[SiH](CCO)C(OC)OC. The van der Waals surface area contributed by atoms with E-state index in [1.54, 1.807) is 13.0 Å². The van der Waals surface area contributed by atoms with E-state index in [9.17, 15) is 4.79 Å². The van der Waals surface area contributed by atoms with E-state index in [0.717, 1.165) is 0 Å². The smallest absolute Gasteiger partial charge is 0.190 e. The zero-order valence-corrected chi connectivity index (χ0v) is 10.1. The highest BCUT2D eigenvalue weighted by molar-refractivity contribution is 6.92. The monoisotopic (exact) mass is 218 g/mol. The van der Waals surface area contributed by atoms with Crippen LogP contribution in [0.4, 0.5) is 0 Å². The van der Waals surface area contributed by atoms with Gasteiger partial charge in [-0.1, -0.05) is 6.08 Å². The summed E-state index contributed by atoms with van der Waals surface area (Å²) in [5.41, 5.74) is 0.